The van der Waals surface area contributed by atoms with Crippen LogP contribution in [-0.4, -0.2) is 11.5 Å². The van der Waals surface area contributed by atoms with Crippen LogP contribution >= 0.6 is 24.1 Å². The second-order valence-electron chi connectivity index (χ2n) is 3.70. The molecule has 0 saturated carbocycles. The molecule has 0 bridgehead atoms. The summed E-state index contributed by atoms with van der Waals surface area (Å²) in [6, 6.07) is 1.94. The first-order valence-corrected chi connectivity index (χ1v) is 7.20. The molecule has 0 amide bonds. The molecule has 1 nitrogen and oxygen atoms in total. The lowest BCUT2D eigenvalue weighted by Gasteiger charge is -2.05. The van der Waals surface area contributed by atoms with E-state index in [2.05, 4.69) is 11.3 Å². The molecule has 0 aromatic heterocycles. The Bertz CT molecular complexity index is 412. The number of nitrogens with zero attached hydrogens (tertiary/aromatic N) is 1. The first kappa shape index (κ1) is 15.4. The first-order valence-electron chi connectivity index (χ1n) is 5.54. The van der Waals surface area contributed by atoms with Gasteiger partial charge in [0, 0.05) is 10.6 Å². The molecule has 1 aromatic carbocycles. The van der Waals surface area contributed by atoms with Crippen LogP contribution in [0, 0.1) is 11.6 Å². The summed E-state index contributed by atoms with van der Waals surface area (Å²) >= 11 is 1.10. The zero-order valence-corrected chi connectivity index (χ0v) is 11.8. The Labute approximate surface area is 114 Å². The van der Waals surface area contributed by atoms with Crippen molar-refractivity contribution >= 4 is 29.8 Å². The van der Waals surface area contributed by atoms with Crippen molar-refractivity contribution in [1.82, 2.24) is 0 Å². The van der Waals surface area contributed by atoms with E-state index >= 15 is 0 Å². The monoisotopic (exact) mass is 293 g/mol. The van der Waals surface area contributed by atoms with E-state index in [-0.39, 0.29) is 28.3 Å². The molecule has 0 aliphatic rings. The Morgan fingerprint density at radius 1 is 1.28 bits per heavy atom. The zero-order chi connectivity index (χ0) is 13.5. The van der Waals surface area contributed by atoms with Crippen LogP contribution in [-0.2, 0) is 0 Å². The zero-order valence-electron chi connectivity index (χ0n) is 10.2. The number of halogens is 3. The van der Waals surface area contributed by atoms with Gasteiger partial charge in [-0.05, 0) is 37.4 Å². The molecule has 6 heteroatoms. The summed E-state index contributed by atoms with van der Waals surface area (Å²) in [5, 5.41) is 0. The van der Waals surface area contributed by atoms with E-state index in [0.717, 1.165) is 30.7 Å². The molecule has 1 aromatic rings. The molecular formula is C12H14F3NS2. The second-order valence-corrected chi connectivity index (χ2v) is 5.18. The van der Waals surface area contributed by atoms with Crippen molar-refractivity contribution in [2.24, 2.45) is 4.40 Å². The maximum Gasteiger partial charge on any atom is 0.136 e. The maximum absolute atomic E-state index is 13.6. The van der Waals surface area contributed by atoms with E-state index in [9.17, 15) is 12.7 Å². The Morgan fingerprint density at radius 2 is 1.89 bits per heavy atom. The molecule has 0 N–H and O–H groups in total. The van der Waals surface area contributed by atoms with Crippen molar-refractivity contribution in [3.63, 3.8) is 0 Å². The topological polar surface area (TPSA) is 12.4 Å². The van der Waals surface area contributed by atoms with E-state index in [4.69, 9.17) is 0 Å². The summed E-state index contributed by atoms with van der Waals surface area (Å²) in [5.74, 6) is -0.754. The average molecular weight is 293 g/mol. The summed E-state index contributed by atoms with van der Waals surface area (Å²) < 4.78 is 43.5. The number of unbranched alkanes of at least 4 members (excludes halogenated alkanes) is 1. The molecular weight excluding hydrogens is 279 g/mol. The Hall–Kier alpha value is -0.620. The van der Waals surface area contributed by atoms with E-state index in [0.29, 0.717) is 0 Å². The molecule has 0 radical (unpaired) electrons. The Morgan fingerprint density at radius 3 is 2.39 bits per heavy atom. The van der Waals surface area contributed by atoms with E-state index in [1.807, 2.05) is 0 Å². The Balaban J connectivity index is 2.88. The smallest absolute Gasteiger partial charge is 0.136 e. The fourth-order valence-electron chi connectivity index (χ4n) is 1.34. The van der Waals surface area contributed by atoms with Crippen molar-refractivity contribution in [2.45, 2.75) is 31.6 Å². The lowest BCUT2D eigenvalue weighted by Crippen LogP contribution is -2.03. The summed E-state index contributed by atoms with van der Waals surface area (Å²) in [6.07, 6.45) is 2.05. The van der Waals surface area contributed by atoms with E-state index in [1.165, 1.54) is 11.9 Å². The van der Waals surface area contributed by atoms with Crippen LogP contribution in [0.2, 0.25) is 0 Å². The van der Waals surface area contributed by atoms with Gasteiger partial charge >= 0.3 is 0 Å². The Kier molecular flexibility index (Phi) is 6.63. The van der Waals surface area contributed by atoms with Crippen LogP contribution in [0.15, 0.2) is 21.4 Å². The summed E-state index contributed by atoms with van der Waals surface area (Å²) in [5.41, 5.74) is 0.0957. The largest absolute Gasteiger partial charge is 0.221 e. The number of rotatable bonds is 6. The summed E-state index contributed by atoms with van der Waals surface area (Å²) in [7, 11) is 0. The third-order valence-electron chi connectivity index (χ3n) is 2.26. The van der Waals surface area contributed by atoms with Crippen LogP contribution in [0.5, 0.6) is 0 Å². The fourth-order valence-corrected chi connectivity index (χ4v) is 2.43. The van der Waals surface area contributed by atoms with Crippen molar-refractivity contribution < 1.29 is 12.7 Å². The lowest BCUT2D eigenvalue weighted by molar-refractivity contribution is 0.573. The van der Waals surface area contributed by atoms with Crippen molar-refractivity contribution in [3.8, 4) is 0 Å². The molecule has 0 aliphatic carbocycles. The third kappa shape index (κ3) is 4.24. The van der Waals surface area contributed by atoms with Crippen LogP contribution in [0.4, 0.5) is 12.7 Å². The van der Waals surface area contributed by atoms with Gasteiger partial charge in [-0.3, -0.25) is 0 Å². The van der Waals surface area contributed by atoms with Gasteiger partial charge in [0.25, 0.3) is 0 Å². The fraction of sp³-hybridized carbons (Fsp3) is 0.417. The van der Waals surface area contributed by atoms with E-state index in [1.54, 1.807) is 6.92 Å². The van der Waals surface area contributed by atoms with Gasteiger partial charge in [-0.15, -0.1) is 0 Å². The highest BCUT2D eigenvalue weighted by molar-refractivity contribution is 7.98. The number of hydrogen-bond donors (Lipinski definition) is 0. The van der Waals surface area contributed by atoms with Crippen molar-refractivity contribution in [3.05, 3.63) is 29.3 Å². The molecule has 0 saturated heterocycles. The van der Waals surface area contributed by atoms with Gasteiger partial charge in [-0.2, -0.15) is 3.89 Å². The third-order valence-corrected chi connectivity index (χ3v) is 3.55. The van der Waals surface area contributed by atoms with Gasteiger partial charge in [-0.25, -0.2) is 13.2 Å². The maximum atomic E-state index is 13.6. The minimum absolute atomic E-state index is 0.0832. The normalized spacial score (nSPS) is 11.9. The number of hydrogen-bond acceptors (Lipinski definition) is 3. The summed E-state index contributed by atoms with van der Waals surface area (Å²) in [6.45, 7) is 3.60. The molecule has 0 atom stereocenters. The average Bonchev–Trinajstić information content (AvgIpc) is 2.33. The standard InChI is InChI=1S/C12H14F3NS2/c1-3-4-5-17-16-8(2)12-10(13)6-9(18-15)7-11(12)14/h6-7H,3-5H2,1-2H3/b16-8+. The molecule has 100 valence electrons. The SMILES string of the molecule is CCCCS/N=C(\C)c1c(F)cc(SF)cc1F. The molecule has 0 unspecified atom stereocenters. The minimum atomic E-state index is -0.785. The van der Waals surface area contributed by atoms with Gasteiger partial charge in [0.15, 0.2) is 0 Å². The highest BCUT2D eigenvalue weighted by Gasteiger charge is 2.14. The quantitative estimate of drug-likeness (QED) is 0.406. The first-order chi connectivity index (χ1) is 8.60. The van der Waals surface area contributed by atoms with Gasteiger partial charge in [0.1, 0.15) is 11.6 Å². The highest BCUT2D eigenvalue weighted by atomic mass is 32.2. The molecule has 0 heterocycles. The molecule has 0 aliphatic heterocycles. The minimum Gasteiger partial charge on any atom is -0.221 e. The molecule has 0 fully saturated rings. The van der Waals surface area contributed by atoms with Crippen LogP contribution in [0.3, 0.4) is 0 Å². The lowest BCUT2D eigenvalue weighted by atomic mass is 10.1. The van der Waals surface area contributed by atoms with Gasteiger partial charge < -0.3 is 0 Å². The van der Waals surface area contributed by atoms with Crippen molar-refractivity contribution in [2.75, 3.05) is 5.75 Å². The second kappa shape index (κ2) is 7.74. The highest BCUT2D eigenvalue weighted by Crippen LogP contribution is 2.25. The van der Waals surface area contributed by atoms with Crippen LogP contribution < -0.4 is 0 Å². The van der Waals surface area contributed by atoms with Gasteiger partial charge in [0.2, 0.25) is 0 Å². The van der Waals surface area contributed by atoms with Crippen LogP contribution in [0.25, 0.3) is 0 Å². The predicted octanol–water partition coefficient (Wildman–Crippen LogP) is 5.20. The van der Waals surface area contributed by atoms with Crippen molar-refractivity contribution in [1.29, 1.82) is 0 Å². The summed E-state index contributed by atoms with van der Waals surface area (Å²) in [4.78, 5) is -0.0832. The molecule has 18 heavy (non-hydrogen) atoms. The number of benzene rings is 1. The van der Waals surface area contributed by atoms with Crippen LogP contribution in [0.1, 0.15) is 32.3 Å². The van der Waals surface area contributed by atoms with Gasteiger partial charge in [0.05, 0.1) is 23.4 Å². The molecule has 1 rings (SSSR count). The van der Waals surface area contributed by atoms with E-state index < -0.39 is 11.6 Å². The predicted molar refractivity (Wildman–Crippen MR) is 72.9 cm³/mol. The molecule has 0 spiro atoms. The van der Waals surface area contributed by atoms with Gasteiger partial charge in [-0.1, -0.05) is 13.3 Å².